The number of benzene rings is 1. The highest BCUT2D eigenvalue weighted by molar-refractivity contribution is 5.56. The smallest absolute Gasteiger partial charge is 0.274 e. The molecule has 1 N–H and O–H groups in total. The summed E-state index contributed by atoms with van der Waals surface area (Å²) in [6.07, 6.45) is 1.70. The van der Waals surface area contributed by atoms with Gasteiger partial charge in [-0.2, -0.15) is 0 Å². The van der Waals surface area contributed by atoms with Crippen LogP contribution < -0.4 is 4.90 Å². The summed E-state index contributed by atoms with van der Waals surface area (Å²) in [7, 11) is 0. The number of aliphatic hydroxyl groups excluding tert-OH is 1. The minimum absolute atomic E-state index is 0.00445. The second kappa shape index (κ2) is 6.00. The van der Waals surface area contributed by atoms with Crippen molar-refractivity contribution in [2.45, 2.75) is 6.92 Å². The summed E-state index contributed by atoms with van der Waals surface area (Å²) in [5.74, 6) is 0. The first-order valence-electron chi connectivity index (χ1n) is 5.32. The summed E-state index contributed by atoms with van der Waals surface area (Å²) in [4.78, 5) is 12.3. The first-order valence-corrected chi connectivity index (χ1v) is 5.32. The lowest BCUT2D eigenvalue weighted by Gasteiger charge is -2.22. The van der Waals surface area contributed by atoms with E-state index in [4.69, 9.17) is 5.11 Å². The molecule has 1 rings (SSSR count). The van der Waals surface area contributed by atoms with Gasteiger partial charge < -0.3 is 10.0 Å². The van der Waals surface area contributed by atoms with E-state index in [1.807, 2.05) is 11.0 Å². The van der Waals surface area contributed by atoms with Crippen LogP contribution in [0.3, 0.4) is 0 Å². The molecule has 0 aliphatic carbocycles. The van der Waals surface area contributed by atoms with Crippen LogP contribution in [0.2, 0.25) is 0 Å². The number of hydrogen-bond donors (Lipinski definition) is 1. The molecule has 0 spiro atoms. The fourth-order valence-electron chi connectivity index (χ4n) is 1.59. The van der Waals surface area contributed by atoms with Gasteiger partial charge in [-0.25, -0.2) is 0 Å². The second-order valence-corrected chi connectivity index (χ2v) is 3.69. The van der Waals surface area contributed by atoms with E-state index < -0.39 is 4.92 Å². The Morgan fingerprint density at radius 1 is 1.59 bits per heavy atom. The predicted octanol–water partition coefficient (Wildman–Crippen LogP) is 1.89. The Balaban J connectivity index is 3.07. The van der Waals surface area contributed by atoms with Crippen molar-refractivity contribution in [3.63, 3.8) is 0 Å². The maximum absolute atomic E-state index is 10.8. The van der Waals surface area contributed by atoms with E-state index in [0.717, 1.165) is 5.69 Å². The van der Waals surface area contributed by atoms with Gasteiger partial charge in [0.05, 0.1) is 11.5 Å². The highest BCUT2D eigenvalue weighted by atomic mass is 16.6. The molecule has 0 radical (unpaired) electrons. The third kappa shape index (κ3) is 3.29. The van der Waals surface area contributed by atoms with E-state index >= 15 is 0 Å². The van der Waals surface area contributed by atoms with Crippen LogP contribution in [0, 0.1) is 17.0 Å². The summed E-state index contributed by atoms with van der Waals surface area (Å²) in [6.45, 7) is 6.29. The van der Waals surface area contributed by atoms with Crippen LogP contribution in [-0.4, -0.2) is 29.7 Å². The largest absolute Gasteiger partial charge is 0.395 e. The fraction of sp³-hybridized carbons (Fsp3) is 0.333. The number of anilines is 1. The molecule has 5 heteroatoms. The number of nitrogens with zero attached hydrogens (tertiary/aromatic N) is 2. The standard InChI is InChI=1S/C12H16N2O3/c1-3-6-13(7-8-15)11-5-4-10(2)12(9-11)14(16)17/h3-5,9,15H,1,6-8H2,2H3. The fourth-order valence-corrected chi connectivity index (χ4v) is 1.59. The van der Waals surface area contributed by atoms with Crippen molar-refractivity contribution < 1.29 is 10.0 Å². The molecule has 1 aromatic carbocycles. The van der Waals surface area contributed by atoms with Gasteiger partial charge in [-0.3, -0.25) is 10.1 Å². The Morgan fingerprint density at radius 2 is 2.29 bits per heavy atom. The first-order chi connectivity index (χ1) is 8.10. The SMILES string of the molecule is C=CCN(CCO)c1ccc(C)c([N+](=O)[O-])c1. The molecule has 0 unspecified atom stereocenters. The summed E-state index contributed by atoms with van der Waals surface area (Å²) in [5, 5.41) is 19.8. The van der Waals surface area contributed by atoms with Gasteiger partial charge in [0.15, 0.2) is 0 Å². The van der Waals surface area contributed by atoms with E-state index in [9.17, 15) is 10.1 Å². The third-order valence-corrected chi connectivity index (χ3v) is 2.47. The quantitative estimate of drug-likeness (QED) is 0.465. The third-order valence-electron chi connectivity index (χ3n) is 2.47. The second-order valence-electron chi connectivity index (χ2n) is 3.69. The summed E-state index contributed by atoms with van der Waals surface area (Å²) in [5.41, 5.74) is 1.44. The van der Waals surface area contributed by atoms with Crippen molar-refractivity contribution in [2.24, 2.45) is 0 Å². The van der Waals surface area contributed by atoms with Crippen molar-refractivity contribution in [2.75, 3.05) is 24.6 Å². The van der Waals surface area contributed by atoms with Crippen LogP contribution >= 0.6 is 0 Å². The number of nitro groups is 1. The molecule has 0 saturated carbocycles. The maximum atomic E-state index is 10.8. The molecular weight excluding hydrogens is 220 g/mol. The van der Waals surface area contributed by atoms with Gasteiger partial charge >= 0.3 is 0 Å². The van der Waals surface area contributed by atoms with Crippen LogP contribution in [0.4, 0.5) is 11.4 Å². The molecule has 0 aliphatic heterocycles. The van der Waals surface area contributed by atoms with Crippen LogP contribution in [0.5, 0.6) is 0 Å². The van der Waals surface area contributed by atoms with Gasteiger partial charge in [0.2, 0.25) is 0 Å². The molecule has 92 valence electrons. The van der Waals surface area contributed by atoms with E-state index in [1.165, 1.54) is 6.07 Å². The maximum Gasteiger partial charge on any atom is 0.274 e. The summed E-state index contributed by atoms with van der Waals surface area (Å²) < 4.78 is 0. The Morgan fingerprint density at radius 3 is 2.82 bits per heavy atom. The van der Waals surface area contributed by atoms with Crippen molar-refractivity contribution in [1.29, 1.82) is 0 Å². The lowest BCUT2D eigenvalue weighted by atomic mass is 10.1. The van der Waals surface area contributed by atoms with E-state index in [0.29, 0.717) is 18.7 Å². The lowest BCUT2D eigenvalue weighted by Crippen LogP contribution is -2.26. The highest BCUT2D eigenvalue weighted by Crippen LogP contribution is 2.24. The Labute approximate surface area is 100 Å². The van der Waals surface area contributed by atoms with Crippen LogP contribution in [0.1, 0.15) is 5.56 Å². The molecular formula is C12H16N2O3. The zero-order chi connectivity index (χ0) is 12.8. The number of rotatable bonds is 6. The van der Waals surface area contributed by atoms with E-state index in [2.05, 4.69) is 6.58 Å². The minimum Gasteiger partial charge on any atom is -0.395 e. The molecule has 0 aromatic heterocycles. The van der Waals surface area contributed by atoms with Gasteiger partial charge in [0.25, 0.3) is 5.69 Å². The van der Waals surface area contributed by atoms with Crippen molar-refractivity contribution in [1.82, 2.24) is 0 Å². The molecule has 0 fully saturated rings. The predicted molar refractivity (Wildman–Crippen MR) is 67.3 cm³/mol. The van der Waals surface area contributed by atoms with Crippen LogP contribution in [0.15, 0.2) is 30.9 Å². The van der Waals surface area contributed by atoms with Gasteiger partial charge in [0, 0.05) is 30.4 Å². The minimum atomic E-state index is -0.399. The zero-order valence-corrected chi connectivity index (χ0v) is 9.80. The normalized spacial score (nSPS) is 10.0. The van der Waals surface area contributed by atoms with E-state index in [1.54, 1.807) is 19.1 Å². The average molecular weight is 236 g/mol. The van der Waals surface area contributed by atoms with Crippen LogP contribution in [-0.2, 0) is 0 Å². The molecule has 0 amide bonds. The van der Waals surface area contributed by atoms with E-state index in [-0.39, 0.29) is 12.3 Å². The van der Waals surface area contributed by atoms with Gasteiger partial charge in [0.1, 0.15) is 0 Å². The van der Waals surface area contributed by atoms with Crippen molar-refractivity contribution in [3.8, 4) is 0 Å². The van der Waals surface area contributed by atoms with Crippen LogP contribution in [0.25, 0.3) is 0 Å². The molecule has 0 bridgehead atoms. The number of nitro benzene ring substituents is 1. The Bertz CT molecular complexity index is 418. The first kappa shape index (κ1) is 13.2. The molecule has 0 atom stereocenters. The van der Waals surface area contributed by atoms with Gasteiger partial charge in [-0.15, -0.1) is 6.58 Å². The van der Waals surface area contributed by atoms with Crippen molar-refractivity contribution >= 4 is 11.4 Å². The molecule has 0 heterocycles. The molecule has 0 aliphatic rings. The summed E-state index contributed by atoms with van der Waals surface area (Å²) >= 11 is 0. The molecule has 1 aromatic rings. The Kier molecular flexibility index (Phi) is 4.66. The molecule has 17 heavy (non-hydrogen) atoms. The van der Waals surface area contributed by atoms with Gasteiger partial charge in [-0.1, -0.05) is 12.1 Å². The van der Waals surface area contributed by atoms with Crippen molar-refractivity contribution in [3.05, 3.63) is 46.5 Å². The monoisotopic (exact) mass is 236 g/mol. The average Bonchev–Trinajstić information content (AvgIpc) is 2.29. The molecule has 0 saturated heterocycles. The highest BCUT2D eigenvalue weighted by Gasteiger charge is 2.13. The van der Waals surface area contributed by atoms with Gasteiger partial charge in [-0.05, 0) is 13.0 Å². The lowest BCUT2D eigenvalue weighted by molar-refractivity contribution is -0.385. The topological polar surface area (TPSA) is 66.6 Å². The number of aliphatic hydroxyl groups is 1. The zero-order valence-electron chi connectivity index (χ0n) is 9.80. The molecule has 5 nitrogen and oxygen atoms in total. The number of hydrogen-bond acceptors (Lipinski definition) is 4. The Hall–Kier alpha value is -1.88. The summed E-state index contributed by atoms with van der Waals surface area (Å²) in [6, 6.07) is 5.04. The number of aryl methyl sites for hydroxylation is 1.